The first kappa shape index (κ1) is 22.4. The van der Waals surface area contributed by atoms with Crippen molar-refractivity contribution in [3.8, 4) is 17.1 Å². The van der Waals surface area contributed by atoms with E-state index in [2.05, 4.69) is 27.6 Å². The number of halogens is 1. The highest BCUT2D eigenvalue weighted by atomic mass is 35.5. The van der Waals surface area contributed by atoms with E-state index in [1.165, 1.54) is 4.68 Å². The van der Waals surface area contributed by atoms with Crippen LogP contribution in [-0.4, -0.2) is 59.0 Å². The van der Waals surface area contributed by atoms with Crippen molar-refractivity contribution in [1.29, 1.82) is 0 Å². The highest BCUT2D eigenvalue weighted by molar-refractivity contribution is 6.34. The molecule has 0 spiro atoms. The molecular formula is C24H24ClN5O4. The molecule has 2 aliphatic rings. The lowest BCUT2D eigenvalue weighted by molar-refractivity contribution is -0.0978. The van der Waals surface area contributed by atoms with Crippen LogP contribution in [0.1, 0.15) is 28.5 Å². The van der Waals surface area contributed by atoms with Gasteiger partial charge in [-0.1, -0.05) is 54.9 Å². The van der Waals surface area contributed by atoms with Crippen molar-refractivity contribution in [2.45, 2.75) is 19.4 Å². The number of nitrogens with one attached hydrogen (secondary N) is 2. The van der Waals surface area contributed by atoms with Crippen LogP contribution < -0.4 is 15.4 Å². The lowest BCUT2D eigenvalue weighted by Gasteiger charge is -2.38. The van der Waals surface area contributed by atoms with Crippen LogP contribution in [0.3, 0.4) is 0 Å². The number of rotatable bonds is 7. The quantitative estimate of drug-likeness (QED) is 0.533. The molecule has 10 heteroatoms. The van der Waals surface area contributed by atoms with Gasteiger partial charge in [0.05, 0.1) is 36.3 Å². The highest BCUT2D eigenvalue weighted by Crippen LogP contribution is 2.29. The lowest BCUT2D eigenvalue weighted by atomic mass is 9.88. The molecule has 1 amide bonds. The van der Waals surface area contributed by atoms with Crippen molar-refractivity contribution in [3.05, 3.63) is 59.1 Å². The Labute approximate surface area is 201 Å². The van der Waals surface area contributed by atoms with E-state index in [1.54, 1.807) is 18.2 Å². The summed E-state index contributed by atoms with van der Waals surface area (Å²) < 4.78 is 12.5. The standard InChI is InChI=1S/C24H24ClN5O4/c1-24(13-33-14-24)12-26-22(32)20-17(25)8-5-9-18(20)34-11-16-10-19(31)30-23(27-16)28-21(29-30)15-6-3-2-4-7-15/h2-9,16H,10-14H2,1H3,(H,26,32)(H,27,28,29). The molecule has 2 N–H and O–H groups in total. The van der Waals surface area contributed by atoms with E-state index in [0.717, 1.165) is 5.56 Å². The van der Waals surface area contributed by atoms with Gasteiger partial charge in [0, 0.05) is 17.5 Å². The topological polar surface area (TPSA) is 107 Å². The van der Waals surface area contributed by atoms with E-state index in [4.69, 9.17) is 21.1 Å². The summed E-state index contributed by atoms with van der Waals surface area (Å²) in [6.07, 6.45) is 0.172. The number of anilines is 1. The highest BCUT2D eigenvalue weighted by Gasteiger charge is 2.34. The van der Waals surface area contributed by atoms with Crippen molar-refractivity contribution >= 4 is 29.4 Å². The number of hydrogen-bond donors (Lipinski definition) is 2. The molecule has 2 aliphatic heterocycles. The predicted molar refractivity (Wildman–Crippen MR) is 126 cm³/mol. The smallest absolute Gasteiger partial charge is 0.256 e. The predicted octanol–water partition coefficient (Wildman–Crippen LogP) is 3.27. The number of benzene rings is 2. The molecule has 34 heavy (non-hydrogen) atoms. The maximum Gasteiger partial charge on any atom is 0.256 e. The summed E-state index contributed by atoms with van der Waals surface area (Å²) >= 11 is 6.34. The average Bonchev–Trinajstić information content (AvgIpc) is 3.25. The Morgan fingerprint density at radius 2 is 2.06 bits per heavy atom. The molecule has 1 aromatic heterocycles. The molecule has 3 aromatic rings. The van der Waals surface area contributed by atoms with E-state index in [-0.39, 0.29) is 41.9 Å². The van der Waals surface area contributed by atoms with Gasteiger partial charge in [-0.15, -0.1) is 5.10 Å². The van der Waals surface area contributed by atoms with Gasteiger partial charge in [0.15, 0.2) is 5.82 Å². The van der Waals surface area contributed by atoms with Crippen LogP contribution in [0.4, 0.5) is 5.95 Å². The summed E-state index contributed by atoms with van der Waals surface area (Å²) in [6, 6.07) is 14.2. The van der Waals surface area contributed by atoms with Crippen LogP contribution >= 0.6 is 11.6 Å². The van der Waals surface area contributed by atoms with Gasteiger partial charge in [-0.05, 0) is 12.1 Å². The van der Waals surface area contributed by atoms with Crippen molar-refractivity contribution in [3.63, 3.8) is 0 Å². The molecule has 5 rings (SSSR count). The molecule has 3 heterocycles. The number of carbonyl (C=O) groups excluding carboxylic acids is 2. The SMILES string of the molecule is CC1(CNC(=O)c2c(Cl)cccc2OCC2CC(=O)n3nc(-c4ccccc4)nc3N2)COC1. The first-order chi connectivity index (χ1) is 16.4. The molecule has 0 bridgehead atoms. The van der Waals surface area contributed by atoms with Crippen LogP contribution in [0.15, 0.2) is 48.5 Å². The van der Waals surface area contributed by atoms with E-state index in [1.807, 2.05) is 30.3 Å². The molecule has 1 atom stereocenters. The summed E-state index contributed by atoms with van der Waals surface area (Å²) in [5.41, 5.74) is 1.02. The fourth-order valence-corrected chi connectivity index (χ4v) is 4.14. The second-order valence-electron chi connectivity index (χ2n) is 8.89. The van der Waals surface area contributed by atoms with Crippen molar-refractivity contribution in [2.75, 3.05) is 31.7 Å². The normalized spacial score (nSPS) is 18.4. The Morgan fingerprint density at radius 1 is 1.26 bits per heavy atom. The summed E-state index contributed by atoms with van der Waals surface area (Å²) in [5.74, 6) is 0.693. The van der Waals surface area contributed by atoms with Crippen LogP contribution in [-0.2, 0) is 4.74 Å². The minimum absolute atomic E-state index is 0.0706. The Morgan fingerprint density at radius 3 is 2.79 bits per heavy atom. The van der Waals surface area contributed by atoms with E-state index >= 15 is 0 Å². The van der Waals surface area contributed by atoms with Crippen molar-refractivity contribution < 1.29 is 19.1 Å². The van der Waals surface area contributed by atoms with Gasteiger partial charge < -0.3 is 20.1 Å². The van der Waals surface area contributed by atoms with Crippen LogP contribution in [0, 0.1) is 5.41 Å². The second-order valence-corrected chi connectivity index (χ2v) is 9.29. The zero-order chi connectivity index (χ0) is 23.7. The molecule has 9 nitrogen and oxygen atoms in total. The summed E-state index contributed by atoms with van der Waals surface area (Å²) in [5, 5.41) is 10.8. The zero-order valence-corrected chi connectivity index (χ0v) is 19.3. The third-order valence-corrected chi connectivity index (χ3v) is 6.16. The van der Waals surface area contributed by atoms with Gasteiger partial charge >= 0.3 is 0 Å². The fraction of sp³-hybridized carbons (Fsp3) is 0.333. The Bertz CT molecular complexity index is 1230. The third-order valence-electron chi connectivity index (χ3n) is 5.85. The summed E-state index contributed by atoms with van der Waals surface area (Å²) in [7, 11) is 0. The molecule has 2 aromatic carbocycles. The van der Waals surface area contributed by atoms with Crippen LogP contribution in [0.5, 0.6) is 5.75 Å². The Kier molecular flexibility index (Phi) is 5.97. The first-order valence-corrected chi connectivity index (χ1v) is 11.4. The number of fused-ring (bicyclic) bond motifs is 1. The number of carbonyl (C=O) groups is 2. The maximum absolute atomic E-state index is 12.9. The van der Waals surface area contributed by atoms with Crippen LogP contribution in [0.2, 0.25) is 5.02 Å². The Hall–Kier alpha value is -3.43. The van der Waals surface area contributed by atoms with Gasteiger partial charge in [-0.25, -0.2) is 0 Å². The van der Waals surface area contributed by atoms with Gasteiger partial charge in [0.2, 0.25) is 5.95 Å². The minimum atomic E-state index is -0.339. The molecule has 0 saturated carbocycles. The lowest BCUT2D eigenvalue weighted by Crippen LogP contribution is -2.48. The molecule has 1 unspecified atom stereocenters. The van der Waals surface area contributed by atoms with Gasteiger partial charge in [-0.2, -0.15) is 9.67 Å². The maximum atomic E-state index is 12.9. The van der Waals surface area contributed by atoms with Gasteiger partial charge in [-0.3, -0.25) is 9.59 Å². The molecular weight excluding hydrogens is 458 g/mol. The largest absolute Gasteiger partial charge is 0.491 e. The number of ether oxygens (including phenoxy) is 2. The van der Waals surface area contributed by atoms with E-state index < -0.39 is 0 Å². The molecule has 1 saturated heterocycles. The second kappa shape index (κ2) is 9.08. The third kappa shape index (κ3) is 4.49. The Balaban J connectivity index is 1.27. The van der Waals surface area contributed by atoms with Gasteiger partial charge in [0.1, 0.15) is 12.4 Å². The number of hydrogen-bond acceptors (Lipinski definition) is 7. The van der Waals surface area contributed by atoms with Crippen LogP contribution in [0.25, 0.3) is 11.4 Å². The fourth-order valence-electron chi connectivity index (χ4n) is 3.89. The number of amides is 1. The van der Waals surface area contributed by atoms with Crippen molar-refractivity contribution in [1.82, 2.24) is 20.1 Å². The average molecular weight is 482 g/mol. The van der Waals surface area contributed by atoms with E-state index in [9.17, 15) is 9.59 Å². The molecule has 0 radical (unpaired) electrons. The van der Waals surface area contributed by atoms with E-state index in [0.29, 0.717) is 42.3 Å². The molecule has 1 fully saturated rings. The monoisotopic (exact) mass is 481 g/mol. The summed E-state index contributed by atoms with van der Waals surface area (Å²) in [6.45, 7) is 3.89. The number of aromatic nitrogens is 3. The number of nitrogens with zero attached hydrogens (tertiary/aromatic N) is 3. The molecule has 0 aliphatic carbocycles. The zero-order valence-electron chi connectivity index (χ0n) is 18.6. The molecule has 176 valence electrons. The van der Waals surface area contributed by atoms with Crippen molar-refractivity contribution in [2.24, 2.45) is 5.41 Å². The first-order valence-electron chi connectivity index (χ1n) is 11.0. The summed E-state index contributed by atoms with van der Waals surface area (Å²) in [4.78, 5) is 30.0. The minimum Gasteiger partial charge on any atom is -0.491 e. The van der Waals surface area contributed by atoms with Gasteiger partial charge in [0.25, 0.3) is 11.8 Å².